The van der Waals surface area contributed by atoms with Crippen molar-refractivity contribution in [2.45, 2.75) is 0 Å². The first-order valence-electron chi connectivity index (χ1n) is 5.19. The van der Waals surface area contributed by atoms with Crippen molar-refractivity contribution in [3.8, 4) is 5.75 Å². The number of phenols is 1. The Morgan fingerprint density at radius 1 is 0.720 bits per heavy atom. The molecule has 0 unspecified atom stereocenters. The summed E-state index contributed by atoms with van der Waals surface area (Å²) in [7, 11) is -18.0. The van der Waals surface area contributed by atoms with E-state index < -0.39 is 21.8 Å². The molecule has 1 N–H and O–H groups in total. The molecule has 18 heteroatoms. The molecule has 0 spiro atoms. The number of carbonyl (C=O) groups excluding carboxylic acids is 1. The van der Waals surface area contributed by atoms with Crippen LogP contribution >= 0.6 is 0 Å². The van der Waals surface area contributed by atoms with Gasteiger partial charge in [0.05, 0.1) is 0 Å². The molecule has 0 aliphatic heterocycles. The molecular weight excluding hydrogens is 416 g/mol. The van der Waals surface area contributed by atoms with Gasteiger partial charge >= 0.3 is 73.1 Å². The van der Waals surface area contributed by atoms with Gasteiger partial charge in [0.1, 0.15) is 12.0 Å². The molecule has 1 aromatic carbocycles. The van der Waals surface area contributed by atoms with E-state index in [2.05, 4.69) is 0 Å². The Hall–Kier alpha value is -0.319. The van der Waals surface area contributed by atoms with E-state index in [-0.39, 0.29) is 57.1 Å². The predicted molar refractivity (Wildman–Crippen MR) is 64.1 cm³/mol. The van der Waals surface area contributed by atoms with Crippen molar-refractivity contribution in [3.05, 3.63) is 29.8 Å². The molecule has 0 radical (unpaired) electrons. The van der Waals surface area contributed by atoms with E-state index in [1.54, 1.807) is 12.1 Å². The molecule has 0 fully saturated rings. The van der Waals surface area contributed by atoms with Crippen LogP contribution in [0.3, 0.4) is 0 Å². The van der Waals surface area contributed by atoms with Gasteiger partial charge in [0, 0.05) is 5.56 Å². The average Bonchev–Trinajstić information content (AvgIpc) is 2.21. The fraction of sp³-hybridized carbons (Fsp3) is 0. The van der Waals surface area contributed by atoms with Crippen LogP contribution < -0.4 is 51.4 Å². The summed E-state index contributed by atoms with van der Waals surface area (Å²) in [5.74, 6) is 0.125. The summed E-state index contributed by atoms with van der Waals surface area (Å²) in [5.41, 5.74) is 0.495. The molecule has 0 saturated carbocycles. The Bertz CT molecular complexity index is 417. The van der Waals surface area contributed by atoms with Crippen molar-refractivity contribution >= 4 is 28.0 Å². The molecule has 0 aliphatic rings. The van der Waals surface area contributed by atoms with Crippen LogP contribution in [0, 0.1) is 0 Å². The topological polar surface area (TPSA) is 37.3 Å². The molecule has 0 aromatic heterocycles. The van der Waals surface area contributed by atoms with E-state index in [0.29, 0.717) is 11.8 Å². The molecule has 0 heterocycles. The zero-order chi connectivity index (χ0) is 20.2. The zero-order valence-corrected chi connectivity index (χ0v) is 15.1. The first kappa shape index (κ1) is 32.4. The number of rotatable bonds is 1. The molecule has 0 aliphatic carbocycles. The fourth-order valence-electron chi connectivity index (χ4n) is 0.598. The van der Waals surface area contributed by atoms with E-state index in [1.165, 1.54) is 12.1 Å². The second-order valence-corrected chi connectivity index (χ2v) is 3.20. The van der Waals surface area contributed by atoms with Crippen LogP contribution in [0.25, 0.3) is 0 Å². The Kier molecular flexibility index (Phi) is 19.2. The molecule has 1 aromatic rings. The molecular formula is C7H6B3F12KO2-2. The number of phenolic OH excluding ortho intramolecular Hbond substituents is 1. The van der Waals surface area contributed by atoms with Gasteiger partial charge in [0.2, 0.25) is 0 Å². The predicted octanol–water partition coefficient (Wildman–Crippen LogP) is 2.11. The Morgan fingerprint density at radius 3 is 1.16 bits per heavy atom. The smallest absolute Gasteiger partial charge is 0.508 e. The number of carbonyl (C=O) groups is 1. The number of aldehydes is 1. The van der Waals surface area contributed by atoms with E-state index >= 15 is 0 Å². The van der Waals surface area contributed by atoms with E-state index in [0.717, 1.165) is 0 Å². The number of hydrogen-bond acceptors (Lipinski definition) is 2. The number of aromatic hydroxyl groups is 1. The first-order chi connectivity index (χ1) is 10.3. The molecule has 1 rings (SSSR count). The van der Waals surface area contributed by atoms with Crippen molar-refractivity contribution in [3.63, 3.8) is 0 Å². The minimum atomic E-state index is -6.00. The zero-order valence-electron chi connectivity index (χ0n) is 12.0. The Morgan fingerprint density at radius 2 is 1.00 bits per heavy atom. The van der Waals surface area contributed by atoms with Crippen molar-refractivity contribution in [2.24, 2.45) is 0 Å². The molecule has 0 amide bonds. The van der Waals surface area contributed by atoms with Crippen molar-refractivity contribution in [1.82, 2.24) is 0 Å². The number of hydrogen-bond donors (Lipinski definition) is 1. The van der Waals surface area contributed by atoms with Crippen LogP contribution in [-0.2, 0) is 0 Å². The maximum Gasteiger partial charge on any atom is 1.00 e. The SMILES string of the molecule is F[B-](F)(F)F.F[B-](F)(F)F.F[B-](F)(F)F.O=Cc1cccc(O)c1.[K+]. The van der Waals surface area contributed by atoms with Crippen molar-refractivity contribution in [2.75, 3.05) is 0 Å². The van der Waals surface area contributed by atoms with Crippen LogP contribution in [0.5, 0.6) is 5.75 Å². The van der Waals surface area contributed by atoms with Gasteiger partial charge in [0.25, 0.3) is 0 Å². The van der Waals surface area contributed by atoms with Gasteiger partial charge in [-0.15, -0.1) is 0 Å². The fourth-order valence-corrected chi connectivity index (χ4v) is 0.598. The summed E-state index contributed by atoms with van der Waals surface area (Å²) < 4.78 is 117. The van der Waals surface area contributed by atoms with Crippen LogP contribution in [0.4, 0.5) is 51.8 Å². The van der Waals surface area contributed by atoms with Gasteiger partial charge in [-0.2, -0.15) is 0 Å². The summed E-state index contributed by atoms with van der Waals surface area (Å²) in [6.45, 7) is 0. The third-order valence-corrected chi connectivity index (χ3v) is 1.01. The summed E-state index contributed by atoms with van der Waals surface area (Å²) in [6.07, 6.45) is 0.694. The van der Waals surface area contributed by atoms with Crippen LogP contribution in [-0.4, -0.2) is 33.2 Å². The van der Waals surface area contributed by atoms with Crippen LogP contribution in [0.15, 0.2) is 24.3 Å². The second kappa shape index (κ2) is 14.8. The molecule has 25 heavy (non-hydrogen) atoms. The van der Waals surface area contributed by atoms with Gasteiger partial charge in [-0.25, -0.2) is 0 Å². The van der Waals surface area contributed by atoms with E-state index in [1.807, 2.05) is 0 Å². The molecule has 0 atom stereocenters. The summed E-state index contributed by atoms with van der Waals surface area (Å²) >= 11 is 0. The maximum absolute atomic E-state index is 10.0. The summed E-state index contributed by atoms with van der Waals surface area (Å²) in [6, 6.07) is 6.19. The van der Waals surface area contributed by atoms with Gasteiger partial charge in [-0.3, -0.25) is 4.79 Å². The standard InChI is InChI=1S/C7H6O2.3BF4.K/c8-5-6-2-1-3-7(9)4-6;3*2-1(3,4)5;/h1-5,9H;;;;/q;3*-1;+1. The second-order valence-electron chi connectivity index (χ2n) is 3.20. The average molecular weight is 422 g/mol. The van der Waals surface area contributed by atoms with Gasteiger partial charge < -0.3 is 56.9 Å². The summed E-state index contributed by atoms with van der Waals surface area (Å²) in [4.78, 5) is 10.0. The quantitative estimate of drug-likeness (QED) is 0.428. The van der Waals surface area contributed by atoms with E-state index in [9.17, 15) is 56.6 Å². The van der Waals surface area contributed by atoms with Gasteiger partial charge in [-0.05, 0) is 12.1 Å². The third-order valence-electron chi connectivity index (χ3n) is 1.01. The number of benzene rings is 1. The first-order valence-corrected chi connectivity index (χ1v) is 5.19. The van der Waals surface area contributed by atoms with Crippen LogP contribution in [0.1, 0.15) is 10.4 Å². The molecule has 0 saturated heterocycles. The Labute approximate surface area is 175 Å². The van der Waals surface area contributed by atoms with E-state index in [4.69, 9.17) is 5.11 Å². The minimum Gasteiger partial charge on any atom is -0.508 e. The molecule has 2 nitrogen and oxygen atoms in total. The third kappa shape index (κ3) is 81.6. The maximum atomic E-state index is 10.0. The normalized spacial score (nSPS) is 10.4. The van der Waals surface area contributed by atoms with Crippen LogP contribution in [0.2, 0.25) is 0 Å². The molecule has 0 bridgehead atoms. The van der Waals surface area contributed by atoms with Crippen molar-refractivity contribution < 1.29 is 113 Å². The van der Waals surface area contributed by atoms with Gasteiger partial charge in [-0.1, -0.05) is 12.1 Å². The van der Waals surface area contributed by atoms with Gasteiger partial charge in [0.15, 0.2) is 0 Å². The largest absolute Gasteiger partial charge is 1.00 e. The Balaban J connectivity index is -0.000000122. The monoisotopic (exact) mass is 422 g/mol. The summed E-state index contributed by atoms with van der Waals surface area (Å²) in [5, 5.41) is 8.79. The number of halogens is 12. The molecule has 142 valence electrons. The van der Waals surface area contributed by atoms with Crippen molar-refractivity contribution in [1.29, 1.82) is 0 Å². The minimum absolute atomic E-state index is 0.